The van der Waals surface area contributed by atoms with Crippen LogP contribution in [0.1, 0.15) is 33.6 Å². The lowest BCUT2D eigenvalue weighted by Crippen LogP contribution is -2.56. The summed E-state index contributed by atoms with van der Waals surface area (Å²) in [6.07, 6.45) is -3.56. The molecule has 1 aromatic heterocycles. The Morgan fingerprint density at radius 3 is 2.60 bits per heavy atom. The molecule has 2 N–H and O–H groups in total. The molecular weight excluding hydrogens is 471 g/mol. The van der Waals surface area contributed by atoms with Gasteiger partial charge in [-0.1, -0.05) is 13.8 Å². The topological polar surface area (TPSA) is 140 Å². The van der Waals surface area contributed by atoms with Crippen molar-refractivity contribution in [1.29, 1.82) is 5.26 Å². The maximum atomic E-state index is 13.6. The second-order valence-electron chi connectivity index (χ2n) is 9.22. The number of anilines is 1. The first kappa shape index (κ1) is 26.0. The molecule has 0 radical (unpaired) electrons. The zero-order valence-corrected chi connectivity index (χ0v) is 19.6. The van der Waals surface area contributed by atoms with Crippen LogP contribution in [0.2, 0.25) is 0 Å². The van der Waals surface area contributed by atoms with Gasteiger partial charge in [0.05, 0.1) is 18.8 Å². The highest BCUT2D eigenvalue weighted by atomic mass is 19.4. The molecule has 4 amide bonds. The molecule has 3 heterocycles. The van der Waals surface area contributed by atoms with E-state index >= 15 is 0 Å². The SMILES string of the molecule is CC(C)C[C@@H](C(=O)N1C[C@]2(C[C@H]1C#N)C(=O)Nc1ccnn12)N(C)C(=O)[C@H](C)NC(=O)C(F)(F)F. The molecule has 190 valence electrons. The summed E-state index contributed by atoms with van der Waals surface area (Å²) in [7, 11) is 1.25. The third kappa shape index (κ3) is 4.67. The number of hydrogen-bond donors (Lipinski definition) is 2. The Morgan fingerprint density at radius 2 is 2.03 bits per heavy atom. The molecule has 14 heteroatoms. The van der Waals surface area contributed by atoms with E-state index in [4.69, 9.17) is 0 Å². The number of carbonyl (C=O) groups is 4. The van der Waals surface area contributed by atoms with Crippen LogP contribution in [-0.2, 0) is 24.7 Å². The summed E-state index contributed by atoms with van der Waals surface area (Å²) in [4.78, 5) is 52.8. The molecule has 0 bridgehead atoms. The molecule has 0 aromatic carbocycles. The van der Waals surface area contributed by atoms with Crippen molar-refractivity contribution in [2.45, 2.75) is 63.5 Å². The Labute approximate surface area is 199 Å². The van der Waals surface area contributed by atoms with E-state index in [0.717, 1.165) is 11.8 Å². The Bertz CT molecular complexity index is 1080. The van der Waals surface area contributed by atoms with E-state index in [9.17, 15) is 37.6 Å². The van der Waals surface area contributed by atoms with Crippen molar-refractivity contribution < 1.29 is 32.3 Å². The number of likely N-dealkylation sites (tertiary alicyclic amines) is 1. The Kier molecular flexibility index (Phi) is 6.83. The van der Waals surface area contributed by atoms with Crippen LogP contribution in [0.4, 0.5) is 19.0 Å². The van der Waals surface area contributed by atoms with Crippen molar-refractivity contribution in [2.75, 3.05) is 18.9 Å². The highest BCUT2D eigenvalue weighted by Gasteiger charge is 2.57. The molecule has 35 heavy (non-hydrogen) atoms. The number of fused-ring (bicyclic) bond motifs is 2. The number of alkyl halides is 3. The number of hydrogen-bond acceptors (Lipinski definition) is 6. The van der Waals surface area contributed by atoms with Crippen molar-refractivity contribution in [3.8, 4) is 6.07 Å². The van der Waals surface area contributed by atoms with Gasteiger partial charge in [-0.05, 0) is 19.3 Å². The quantitative estimate of drug-likeness (QED) is 0.590. The smallest absolute Gasteiger partial charge is 0.337 e. The van der Waals surface area contributed by atoms with Crippen molar-refractivity contribution in [2.24, 2.45) is 5.92 Å². The number of nitrogens with one attached hydrogen (secondary N) is 2. The summed E-state index contributed by atoms with van der Waals surface area (Å²) >= 11 is 0. The van der Waals surface area contributed by atoms with Crippen LogP contribution >= 0.6 is 0 Å². The molecule has 11 nitrogen and oxygen atoms in total. The number of aromatic nitrogens is 2. The van der Waals surface area contributed by atoms with Crippen molar-refractivity contribution in [1.82, 2.24) is 24.9 Å². The van der Waals surface area contributed by atoms with E-state index < -0.39 is 53.5 Å². The predicted molar refractivity (Wildman–Crippen MR) is 114 cm³/mol. The molecule has 3 rings (SSSR count). The normalized spacial score (nSPS) is 23.0. The van der Waals surface area contributed by atoms with E-state index in [1.807, 2.05) is 6.07 Å². The van der Waals surface area contributed by atoms with Crippen LogP contribution < -0.4 is 10.6 Å². The molecule has 4 atom stereocenters. The second kappa shape index (κ2) is 9.20. The lowest BCUT2D eigenvalue weighted by molar-refractivity contribution is -0.175. The number of halogens is 3. The van der Waals surface area contributed by atoms with Gasteiger partial charge in [-0.25, -0.2) is 4.68 Å². The molecule has 0 unspecified atom stereocenters. The van der Waals surface area contributed by atoms with E-state index in [2.05, 4.69) is 10.4 Å². The summed E-state index contributed by atoms with van der Waals surface area (Å²) in [5.41, 5.74) is -1.28. The van der Waals surface area contributed by atoms with E-state index in [-0.39, 0.29) is 25.3 Å². The highest BCUT2D eigenvalue weighted by Crippen LogP contribution is 2.40. The van der Waals surface area contributed by atoms with Crippen LogP contribution in [0.5, 0.6) is 0 Å². The van der Waals surface area contributed by atoms with Gasteiger partial charge in [0.2, 0.25) is 11.8 Å². The summed E-state index contributed by atoms with van der Waals surface area (Å²) < 4.78 is 39.3. The van der Waals surface area contributed by atoms with Gasteiger partial charge in [0.25, 0.3) is 5.91 Å². The zero-order valence-electron chi connectivity index (χ0n) is 19.6. The minimum atomic E-state index is -5.17. The number of rotatable bonds is 6. The second-order valence-corrected chi connectivity index (χ2v) is 9.22. The largest absolute Gasteiger partial charge is 0.471 e. The summed E-state index contributed by atoms with van der Waals surface area (Å²) in [6.45, 7) is 4.51. The number of nitriles is 1. The van der Waals surface area contributed by atoms with Gasteiger partial charge in [-0.3, -0.25) is 19.2 Å². The molecule has 2 aliphatic heterocycles. The number of likely N-dealkylation sites (N-methyl/N-ethyl adjacent to an activating group) is 1. The Balaban J connectivity index is 1.86. The lowest BCUT2D eigenvalue weighted by Gasteiger charge is -2.34. The Morgan fingerprint density at radius 1 is 1.37 bits per heavy atom. The van der Waals surface area contributed by atoms with Crippen LogP contribution in [-0.4, -0.2) is 81.1 Å². The fourth-order valence-corrected chi connectivity index (χ4v) is 4.48. The van der Waals surface area contributed by atoms with Gasteiger partial charge in [-0.15, -0.1) is 0 Å². The lowest BCUT2D eigenvalue weighted by atomic mass is 9.96. The molecule has 0 saturated carbocycles. The van der Waals surface area contributed by atoms with Gasteiger partial charge < -0.3 is 20.4 Å². The molecular formula is C21H26F3N7O4. The molecule has 2 aliphatic rings. The van der Waals surface area contributed by atoms with Crippen molar-refractivity contribution in [3.05, 3.63) is 12.3 Å². The first-order valence-corrected chi connectivity index (χ1v) is 10.9. The van der Waals surface area contributed by atoms with Gasteiger partial charge in [0, 0.05) is 19.5 Å². The molecule has 1 spiro atoms. The van der Waals surface area contributed by atoms with Crippen molar-refractivity contribution in [3.63, 3.8) is 0 Å². The first-order valence-electron chi connectivity index (χ1n) is 10.9. The third-order valence-corrected chi connectivity index (χ3v) is 6.25. The molecule has 1 saturated heterocycles. The minimum Gasteiger partial charge on any atom is -0.337 e. The fourth-order valence-electron chi connectivity index (χ4n) is 4.48. The fraction of sp³-hybridized carbons (Fsp3) is 0.619. The van der Waals surface area contributed by atoms with Crippen LogP contribution in [0.3, 0.4) is 0 Å². The molecule has 1 aromatic rings. The summed E-state index contributed by atoms with van der Waals surface area (Å²) in [6, 6.07) is -0.0736. The van der Waals surface area contributed by atoms with Gasteiger partial charge in [0.1, 0.15) is 23.9 Å². The number of amides is 4. The van der Waals surface area contributed by atoms with E-state index in [0.29, 0.717) is 5.82 Å². The van der Waals surface area contributed by atoms with Gasteiger partial charge in [-0.2, -0.15) is 23.5 Å². The first-order chi connectivity index (χ1) is 16.2. The van der Waals surface area contributed by atoms with Gasteiger partial charge >= 0.3 is 12.1 Å². The number of nitrogens with zero attached hydrogens (tertiary/aromatic N) is 5. The monoisotopic (exact) mass is 497 g/mol. The molecule has 1 fully saturated rings. The van der Waals surface area contributed by atoms with Crippen LogP contribution in [0.25, 0.3) is 0 Å². The summed E-state index contributed by atoms with van der Waals surface area (Å²) in [5, 5.41) is 18.2. The predicted octanol–water partition coefficient (Wildman–Crippen LogP) is 0.595. The number of carbonyl (C=O) groups excluding carboxylic acids is 4. The average molecular weight is 497 g/mol. The van der Waals surface area contributed by atoms with E-state index in [1.165, 1.54) is 22.8 Å². The zero-order chi connectivity index (χ0) is 26.3. The average Bonchev–Trinajstić information content (AvgIpc) is 3.45. The molecule has 0 aliphatic carbocycles. The van der Waals surface area contributed by atoms with E-state index in [1.54, 1.807) is 25.2 Å². The maximum absolute atomic E-state index is 13.6. The Hall–Kier alpha value is -3.63. The van der Waals surface area contributed by atoms with Gasteiger partial charge in [0.15, 0.2) is 5.54 Å². The third-order valence-electron chi connectivity index (χ3n) is 6.25. The van der Waals surface area contributed by atoms with Crippen LogP contribution in [0, 0.1) is 17.2 Å². The standard InChI is InChI=1S/C21H26F3N7O4/c1-11(2)7-14(29(4)16(32)12(3)27-19(35)21(22,23)24)17(33)30-10-20(8-13(30)9-25)18(34)28-15-5-6-26-31(15)20/h5-6,11-14H,7-8,10H2,1-4H3,(H,27,35)(H,28,34)/t12-,13-,14-,20+/m0/s1. The van der Waals surface area contributed by atoms with Crippen molar-refractivity contribution >= 4 is 29.4 Å². The summed E-state index contributed by atoms with van der Waals surface area (Å²) in [5.74, 6) is -3.89. The maximum Gasteiger partial charge on any atom is 0.471 e. The highest BCUT2D eigenvalue weighted by molar-refractivity contribution is 6.01. The minimum absolute atomic E-state index is 0.0140. The van der Waals surface area contributed by atoms with Crippen LogP contribution in [0.15, 0.2) is 12.3 Å².